The van der Waals surface area contributed by atoms with Crippen LogP contribution in [0.1, 0.15) is 83.6 Å². The fraction of sp³-hybridized carbons (Fsp3) is 0.750. The summed E-state index contributed by atoms with van der Waals surface area (Å²) in [5.41, 5.74) is -3.63. The molecule has 0 aromatic heterocycles. The largest absolute Gasteiger partial charge is 0.456 e. The molecule has 3 unspecified atom stereocenters. The number of aliphatic hydroxyl groups is 2. The van der Waals surface area contributed by atoms with E-state index in [4.69, 9.17) is 9.47 Å². The molecule has 1 saturated heterocycles. The zero-order valence-electron chi connectivity index (χ0n) is 24.6. The number of rotatable bonds is 3. The highest BCUT2D eigenvalue weighted by Crippen LogP contribution is 2.71. The molecule has 0 radical (unpaired) electrons. The van der Waals surface area contributed by atoms with E-state index in [1.54, 1.807) is 11.8 Å². The molecule has 1 aromatic rings. The molecular weight excluding hydrogens is 575 g/mol. The van der Waals surface area contributed by atoms with Crippen molar-refractivity contribution in [1.29, 1.82) is 0 Å². The van der Waals surface area contributed by atoms with Gasteiger partial charge in [0.25, 0.3) is 0 Å². The predicted molar refractivity (Wildman–Crippen MR) is 149 cm³/mol. The van der Waals surface area contributed by atoms with Crippen LogP contribution in [0, 0.1) is 22.7 Å². The van der Waals surface area contributed by atoms with Gasteiger partial charge in [0.1, 0.15) is 5.60 Å². The van der Waals surface area contributed by atoms with Gasteiger partial charge >= 0.3 is 12.1 Å². The molecule has 4 fully saturated rings. The van der Waals surface area contributed by atoms with E-state index < -0.39 is 52.8 Å². The van der Waals surface area contributed by atoms with E-state index in [2.05, 4.69) is 13.8 Å². The number of halogens is 5. The van der Waals surface area contributed by atoms with Crippen LogP contribution in [-0.4, -0.2) is 58.8 Å². The quantitative estimate of drug-likeness (QED) is 0.208. The van der Waals surface area contributed by atoms with Gasteiger partial charge in [-0.15, -0.1) is 11.8 Å². The molecule has 0 bridgehead atoms. The lowest BCUT2D eigenvalue weighted by atomic mass is 9.49. The highest BCUT2D eigenvalue weighted by atomic mass is 32.2. The van der Waals surface area contributed by atoms with Crippen LogP contribution < -0.4 is 0 Å². The Hall–Kier alpha value is -1.20. The standard InChI is InChI=1S/C32H41F5O4S/c1-26(2)17-40-29(41-18-26)13-10-24-25-21(9-12-28(24,38)16-29)23-11-14-30(39,31(33,34)32(35,36)37)27(23,3)15-22(25)19-5-7-20(42-4)8-6-19/h5-8,21-23,38-39H,9-18H2,1-4H3/t21?,22-,23?,27+,28-,30?/m1/s1. The first kappa shape index (κ1) is 30.8. The molecule has 10 heteroatoms. The van der Waals surface area contributed by atoms with Gasteiger partial charge in [-0.05, 0) is 79.9 Å². The third kappa shape index (κ3) is 4.36. The second-order valence-corrected chi connectivity index (χ2v) is 15.3. The van der Waals surface area contributed by atoms with Crippen molar-refractivity contribution in [2.24, 2.45) is 22.7 Å². The summed E-state index contributed by atoms with van der Waals surface area (Å²) >= 11 is 1.55. The van der Waals surface area contributed by atoms with Crippen LogP contribution in [0.25, 0.3) is 0 Å². The van der Waals surface area contributed by atoms with Crippen molar-refractivity contribution < 1.29 is 41.6 Å². The lowest BCUT2D eigenvalue weighted by Crippen LogP contribution is -2.65. The lowest BCUT2D eigenvalue weighted by Gasteiger charge is -2.59. The van der Waals surface area contributed by atoms with Crippen molar-refractivity contribution in [2.45, 2.75) is 112 Å². The van der Waals surface area contributed by atoms with Crippen molar-refractivity contribution in [3.05, 3.63) is 41.0 Å². The van der Waals surface area contributed by atoms with Crippen LogP contribution in [0.2, 0.25) is 0 Å². The number of fused-ring (bicyclic) bond motifs is 4. The summed E-state index contributed by atoms with van der Waals surface area (Å²) in [7, 11) is 0. The van der Waals surface area contributed by atoms with E-state index in [0.29, 0.717) is 38.9 Å². The molecule has 0 amide bonds. The fourth-order valence-electron chi connectivity index (χ4n) is 9.14. The highest BCUT2D eigenvalue weighted by Gasteiger charge is 2.79. The minimum Gasteiger partial charge on any atom is -0.385 e. The third-order valence-electron chi connectivity index (χ3n) is 11.4. The van der Waals surface area contributed by atoms with Gasteiger partial charge in [0.15, 0.2) is 5.79 Å². The molecule has 1 heterocycles. The van der Waals surface area contributed by atoms with Crippen molar-refractivity contribution in [3.8, 4) is 0 Å². The molecule has 1 spiro atoms. The van der Waals surface area contributed by atoms with Crippen molar-refractivity contribution >= 4 is 11.8 Å². The highest BCUT2D eigenvalue weighted by molar-refractivity contribution is 7.98. The number of thioether (sulfide) groups is 1. The maximum absolute atomic E-state index is 15.2. The maximum atomic E-state index is 15.2. The van der Waals surface area contributed by atoms with E-state index in [1.807, 2.05) is 30.5 Å². The van der Waals surface area contributed by atoms with E-state index in [-0.39, 0.29) is 30.6 Å². The average Bonchev–Trinajstić information content (AvgIpc) is 3.20. The zero-order chi connectivity index (χ0) is 30.6. The zero-order valence-corrected chi connectivity index (χ0v) is 25.4. The Labute approximate surface area is 248 Å². The van der Waals surface area contributed by atoms with E-state index in [0.717, 1.165) is 21.6 Å². The number of hydrogen-bond donors (Lipinski definition) is 2. The van der Waals surface area contributed by atoms with Crippen molar-refractivity contribution in [2.75, 3.05) is 19.5 Å². The monoisotopic (exact) mass is 616 g/mol. The Morgan fingerprint density at radius 3 is 2.14 bits per heavy atom. The summed E-state index contributed by atoms with van der Waals surface area (Å²) in [6.07, 6.45) is -2.47. The minimum absolute atomic E-state index is 0.0593. The van der Waals surface area contributed by atoms with Gasteiger partial charge in [-0.1, -0.05) is 38.5 Å². The molecule has 4 aliphatic carbocycles. The normalized spacial score (nSPS) is 39.5. The molecule has 234 valence electrons. The molecule has 2 N–H and O–H groups in total. The minimum atomic E-state index is -5.87. The van der Waals surface area contributed by atoms with E-state index >= 15 is 8.78 Å². The van der Waals surface area contributed by atoms with Crippen LogP contribution in [0.4, 0.5) is 22.0 Å². The SMILES string of the molecule is CSc1ccc([C@H]2C[C@@]3(C)C(CCC3(O)C(F)(F)C(F)(F)F)C3CC[C@@]4(O)CC5(CCC4=C32)OCC(C)(C)CO5)cc1. The Morgan fingerprint density at radius 1 is 0.905 bits per heavy atom. The van der Waals surface area contributed by atoms with E-state index in [9.17, 15) is 23.4 Å². The number of ether oxygens (including phenoxy) is 2. The third-order valence-corrected chi connectivity index (χ3v) is 12.2. The molecule has 6 atom stereocenters. The van der Waals surface area contributed by atoms with Gasteiger partial charge in [-0.25, -0.2) is 0 Å². The van der Waals surface area contributed by atoms with E-state index in [1.165, 1.54) is 6.92 Å². The molecule has 42 heavy (non-hydrogen) atoms. The lowest BCUT2D eigenvalue weighted by molar-refractivity contribution is -0.362. The first-order chi connectivity index (χ1) is 19.4. The molecule has 1 aromatic carbocycles. The van der Waals surface area contributed by atoms with Crippen LogP contribution in [-0.2, 0) is 9.47 Å². The summed E-state index contributed by atoms with van der Waals surface area (Å²) in [4.78, 5) is 1.00. The summed E-state index contributed by atoms with van der Waals surface area (Å²) in [6.45, 7) is 6.58. The first-order valence-corrected chi connectivity index (χ1v) is 16.2. The molecule has 1 aliphatic heterocycles. The van der Waals surface area contributed by atoms with Gasteiger partial charge in [-0.3, -0.25) is 0 Å². The topological polar surface area (TPSA) is 58.9 Å². The Morgan fingerprint density at radius 2 is 1.55 bits per heavy atom. The predicted octanol–water partition coefficient (Wildman–Crippen LogP) is 7.63. The number of allylic oxidation sites excluding steroid dienone is 1. The smallest absolute Gasteiger partial charge is 0.385 e. The summed E-state index contributed by atoms with van der Waals surface area (Å²) in [5, 5.41) is 23.7. The molecule has 5 aliphatic rings. The van der Waals surface area contributed by atoms with Crippen LogP contribution >= 0.6 is 11.8 Å². The van der Waals surface area contributed by atoms with Crippen LogP contribution in [0.5, 0.6) is 0 Å². The molecule has 4 nitrogen and oxygen atoms in total. The second-order valence-electron chi connectivity index (χ2n) is 14.5. The maximum Gasteiger partial charge on any atom is 0.456 e. The van der Waals surface area contributed by atoms with Gasteiger partial charge in [0.2, 0.25) is 0 Å². The second kappa shape index (κ2) is 9.65. The van der Waals surface area contributed by atoms with Crippen LogP contribution in [0.15, 0.2) is 40.3 Å². The first-order valence-electron chi connectivity index (χ1n) is 15.0. The molecule has 3 saturated carbocycles. The molecular formula is C32H41F5O4S. The van der Waals surface area contributed by atoms with Crippen molar-refractivity contribution in [3.63, 3.8) is 0 Å². The Kier molecular flexibility index (Phi) is 7.08. The Balaban J connectivity index is 1.45. The Bertz CT molecular complexity index is 1250. The van der Waals surface area contributed by atoms with Gasteiger partial charge in [0.05, 0.1) is 18.8 Å². The summed E-state index contributed by atoms with van der Waals surface area (Å²) < 4.78 is 84.4. The summed E-state index contributed by atoms with van der Waals surface area (Å²) in [6, 6.07) is 7.68. The van der Waals surface area contributed by atoms with Gasteiger partial charge in [-0.2, -0.15) is 22.0 Å². The summed E-state index contributed by atoms with van der Waals surface area (Å²) in [5.74, 6) is -7.55. The van der Waals surface area contributed by atoms with Crippen molar-refractivity contribution in [1.82, 2.24) is 0 Å². The average molecular weight is 617 g/mol. The number of alkyl halides is 5. The van der Waals surface area contributed by atoms with Gasteiger partial charge in [0, 0.05) is 34.5 Å². The number of benzene rings is 1. The van der Waals surface area contributed by atoms with Gasteiger partial charge < -0.3 is 19.7 Å². The number of hydrogen-bond acceptors (Lipinski definition) is 5. The van der Waals surface area contributed by atoms with Crippen LogP contribution in [0.3, 0.4) is 0 Å². The molecule has 6 rings (SSSR count). The fourth-order valence-corrected chi connectivity index (χ4v) is 9.55.